The molecule has 0 amide bonds. The molecule has 104 valence electrons. The van der Waals surface area contributed by atoms with Crippen LogP contribution in [0.15, 0.2) is 29.8 Å². The van der Waals surface area contributed by atoms with E-state index in [-0.39, 0.29) is 11.7 Å². The maximum Gasteiger partial charge on any atom is 0.337 e. The molecule has 0 aromatic heterocycles. The average molecular weight is 293 g/mol. The molecule has 1 heterocycles. The van der Waals surface area contributed by atoms with Crippen LogP contribution in [0.3, 0.4) is 0 Å². The fourth-order valence-electron chi connectivity index (χ4n) is 2.66. The number of rotatable bonds is 2. The van der Waals surface area contributed by atoms with Crippen LogP contribution in [0, 0.1) is 5.92 Å². The van der Waals surface area contributed by atoms with Crippen LogP contribution in [0.2, 0.25) is 5.02 Å². The predicted octanol–water partition coefficient (Wildman–Crippen LogP) is 2.79. The lowest BCUT2D eigenvalue weighted by Crippen LogP contribution is -2.38. The molecule has 0 bridgehead atoms. The van der Waals surface area contributed by atoms with Crippen molar-refractivity contribution >= 4 is 23.4 Å². The molecule has 1 aromatic carbocycles. The maximum atomic E-state index is 12.5. The number of ether oxygens (including phenoxy) is 2. The van der Waals surface area contributed by atoms with Crippen LogP contribution >= 0.6 is 11.6 Å². The van der Waals surface area contributed by atoms with Gasteiger partial charge in [0.2, 0.25) is 0 Å². The van der Waals surface area contributed by atoms with E-state index in [0.717, 1.165) is 0 Å². The lowest BCUT2D eigenvalue weighted by atomic mass is 9.89. The van der Waals surface area contributed by atoms with Crippen molar-refractivity contribution < 1.29 is 19.1 Å². The molecule has 2 atom stereocenters. The number of esters is 1. The van der Waals surface area contributed by atoms with Crippen molar-refractivity contribution in [3.63, 3.8) is 0 Å². The van der Waals surface area contributed by atoms with E-state index >= 15 is 0 Å². The Kier molecular flexibility index (Phi) is 3.26. The number of Topliss-reactive ketones (excluding diaryl/α,β-unsaturated/α-hetero) is 1. The number of allylic oxidation sites excluding steroid dienone is 1. The number of carbonyl (C=O) groups excluding carboxylic acids is 2. The van der Waals surface area contributed by atoms with E-state index in [4.69, 9.17) is 21.1 Å². The monoisotopic (exact) mass is 292 g/mol. The second-order valence-electron chi connectivity index (χ2n) is 4.74. The summed E-state index contributed by atoms with van der Waals surface area (Å²) in [7, 11) is 0. The zero-order valence-electron chi connectivity index (χ0n) is 10.9. The van der Waals surface area contributed by atoms with Crippen LogP contribution in [0.25, 0.3) is 0 Å². The van der Waals surface area contributed by atoms with Gasteiger partial charge in [0.05, 0.1) is 28.7 Å². The summed E-state index contributed by atoms with van der Waals surface area (Å²) in [5, 5.41) is 0.379. The molecule has 0 fully saturated rings. The van der Waals surface area contributed by atoms with Crippen LogP contribution in [-0.4, -0.2) is 24.5 Å². The van der Waals surface area contributed by atoms with Gasteiger partial charge in [-0.3, -0.25) is 4.79 Å². The SMILES string of the molecule is CCOC(=O)C1=CC[C@H]2C(=O)c3cccc(Cl)c3O[C@H]12. The van der Waals surface area contributed by atoms with E-state index in [1.165, 1.54) is 0 Å². The van der Waals surface area contributed by atoms with Gasteiger partial charge in [-0.2, -0.15) is 0 Å². The van der Waals surface area contributed by atoms with Gasteiger partial charge in [0.25, 0.3) is 0 Å². The smallest absolute Gasteiger partial charge is 0.337 e. The number of benzene rings is 1. The van der Waals surface area contributed by atoms with E-state index in [1.807, 2.05) is 0 Å². The topological polar surface area (TPSA) is 52.6 Å². The summed E-state index contributed by atoms with van der Waals surface area (Å²) < 4.78 is 10.8. The Labute approximate surface area is 121 Å². The fourth-order valence-corrected chi connectivity index (χ4v) is 2.88. The highest BCUT2D eigenvalue weighted by molar-refractivity contribution is 6.33. The van der Waals surface area contributed by atoms with E-state index < -0.39 is 12.1 Å². The number of carbonyl (C=O) groups is 2. The van der Waals surface area contributed by atoms with Gasteiger partial charge in [-0.1, -0.05) is 23.7 Å². The third kappa shape index (κ3) is 1.91. The minimum absolute atomic E-state index is 0.0331. The maximum absolute atomic E-state index is 12.5. The number of hydrogen-bond donors (Lipinski definition) is 0. The molecule has 4 nitrogen and oxygen atoms in total. The van der Waals surface area contributed by atoms with Gasteiger partial charge in [0.1, 0.15) is 11.9 Å². The lowest BCUT2D eigenvalue weighted by Gasteiger charge is -2.29. The Morgan fingerprint density at radius 1 is 1.50 bits per heavy atom. The van der Waals surface area contributed by atoms with Crippen molar-refractivity contribution in [3.8, 4) is 5.75 Å². The van der Waals surface area contributed by atoms with Crippen LogP contribution in [0.4, 0.5) is 0 Å². The Bertz CT molecular complexity index is 620. The van der Waals surface area contributed by atoms with Gasteiger partial charge < -0.3 is 9.47 Å². The van der Waals surface area contributed by atoms with Gasteiger partial charge >= 0.3 is 5.97 Å². The summed E-state index contributed by atoms with van der Waals surface area (Å²) in [5.74, 6) is -0.463. The van der Waals surface area contributed by atoms with Gasteiger partial charge in [0, 0.05) is 0 Å². The second-order valence-corrected chi connectivity index (χ2v) is 5.15. The third-order valence-electron chi connectivity index (χ3n) is 3.59. The molecule has 20 heavy (non-hydrogen) atoms. The fraction of sp³-hybridized carbons (Fsp3) is 0.333. The largest absolute Gasteiger partial charge is 0.482 e. The molecule has 0 N–H and O–H groups in total. The second kappa shape index (κ2) is 4.94. The zero-order valence-corrected chi connectivity index (χ0v) is 11.6. The van der Waals surface area contributed by atoms with E-state index in [1.54, 1.807) is 31.2 Å². The number of fused-ring (bicyclic) bond motifs is 2. The molecule has 5 heteroatoms. The lowest BCUT2D eigenvalue weighted by molar-refractivity contribution is -0.139. The Hall–Kier alpha value is -1.81. The normalized spacial score (nSPS) is 23.5. The summed E-state index contributed by atoms with van der Waals surface area (Å²) in [6, 6.07) is 5.08. The minimum Gasteiger partial charge on any atom is -0.482 e. The van der Waals surface area contributed by atoms with Crippen molar-refractivity contribution in [1.29, 1.82) is 0 Å². The van der Waals surface area contributed by atoms with Crippen molar-refractivity contribution in [1.82, 2.24) is 0 Å². The quantitative estimate of drug-likeness (QED) is 0.787. The average Bonchev–Trinajstić information content (AvgIpc) is 2.85. The molecular formula is C15H13ClO4. The summed E-state index contributed by atoms with van der Waals surface area (Å²) in [4.78, 5) is 24.3. The first-order chi connectivity index (χ1) is 9.63. The molecule has 0 spiro atoms. The summed E-state index contributed by atoms with van der Waals surface area (Å²) in [6.45, 7) is 2.03. The standard InChI is InChI=1S/C15H13ClO4/c1-2-19-15(18)10-7-6-9-12(17)8-4-3-5-11(16)14(8)20-13(9)10/h3-5,7,9,13H,2,6H2,1H3/t9-,13-/m0/s1. The molecule has 0 radical (unpaired) electrons. The van der Waals surface area contributed by atoms with Crippen LogP contribution in [0.1, 0.15) is 23.7 Å². The van der Waals surface area contributed by atoms with Gasteiger partial charge in [-0.15, -0.1) is 0 Å². The summed E-state index contributed by atoms with van der Waals surface area (Å²) in [5.41, 5.74) is 0.896. The van der Waals surface area contributed by atoms with Gasteiger partial charge in [-0.25, -0.2) is 4.79 Å². The summed E-state index contributed by atoms with van der Waals surface area (Å²) in [6.07, 6.45) is 1.63. The van der Waals surface area contributed by atoms with Crippen molar-refractivity contribution in [2.75, 3.05) is 6.61 Å². The van der Waals surface area contributed by atoms with E-state index in [9.17, 15) is 9.59 Å². The van der Waals surface area contributed by atoms with Gasteiger partial charge in [0.15, 0.2) is 5.78 Å². The van der Waals surface area contributed by atoms with Gasteiger partial charge in [-0.05, 0) is 25.5 Å². The third-order valence-corrected chi connectivity index (χ3v) is 3.89. The molecular weight excluding hydrogens is 280 g/mol. The van der Waals surface area contributed by atoms with Crippen LogP contribution < -0.4 is 4.74 Å². The highest BCUT2D eigenvalue weighted by atomic mass is 35.5. The minimum atomic E-state index is -0.589. The summed E-state index contributed by atoms with van der Waals surface area (Å²) >= 11 is 6.07. The van der Waals surface area contributed by atoms with Crippen LogP contribution in [0.5, 0.6) is 5.75 Å². The number of halogens is 1. The van der Waals surface area contributed by atoms with E-state index in [2.05, 4.69) is 0 Å². The number of para-hydroxylation sites is 1. The van der Waals surface area contributed by atoms with Crippen LogP contribution in [-0.2, 0) is 9.53 Å². The van der Waals surface area contributed by atoms with Crippen molar-refractivity contribution in [3.05, 3.63) is 40.4 Å². The zero-order chi connectivity index (χ0) is 14.3. The van der Waals surface area contributed by atoms with E-state index in [0.29, 0.717) is 34.9 Å². The molecule has 1 aliphatic heterocycles. The Morgan fingerprint density at radius 2 is 2.30 bits per heavy atom. The molecule has 0 saturated carbocycles. The highest BCUT2D eigenvalue weighted by Gasteiger charge is 2.45. The first-order valence-electron chi connectivity index (χ1n) is 6.50. The molecule has 2 aliphatic rings. The van der Waals surface area contributed by atoms with Crippen molar-refractivity contribution in [2.45, 2.75) is 19.4 Å². The predicted molar refractivity (Wildman–Crippen MR) is 73.0 cm³/mol. The highest BCUT2D eigenvalue weighted by Crippen LogP contribution is 2.42. The molecule has 1 aromatic rings. The first-order valence-corrected chi connectivity index (χ1v) is 6.87. The number of hydrogen-bond acceptors (Lipinski definition) is 4. The Balaban J connectivity index is 1.96. The molecule has 0 saturated heterocycles. The van der Waals surface area contributed by atoms with Crippen molar-refractivity contribution in [2.24, 2.45) is 5.92 Å². The molecule has 0 unspecified atom stereocenters. The number of ketones is 1. The first kappa shape index (κ1) is 13.2. The molecule has 3 rings (SSSR count). The Morgan fingerprint density at radius 3 is 3.05 bits per heavy atom. The molecule has 1 aliphatic carbocycles.